The van der Waals surface area contributed by atoms with Crippen LogP contribution in [0.25, 0.3) is 0 Å². The molecule has 0 heterocycles. The molecule has 0 aromatic rings. The van der Waals surface area contributed by atoms with Crippen molar-refractivity contribution in [3.05, 3.63) is 0 Å². The molecule has 0 radical (unpaired) electrons. The number of rotatable bonds is 7. The van der Waals surface area contributed by atoms with Gasteiger partial charge in [-0.3, -0.25) is 14.5 Å². The third kappa shape index (κ3) is 5.27. The topological polar surface area (TPSA) is 101 Å². The molecule has 2 aliphatic carbocycles. The van der Waals surface area contributed by atoms with E-state index in [1.807, 2.05) is 0 Å². The van der Waals surface area contributed by atoms with Crippen molar-refractivity contribution in [3.63, 3.8) is 0 Å². The molecule has 0 aromatic carbocycles. The maximum absolute atomic E-state index is 13.1. The lowest BCUT2D eigenvalue weighted by Gasteiger charge is -2.35. The largest absolute Gasteiger partial charge is 0.480 e. The van der Waals surface area contributed by atoms with Gasteiger partial charge in [0.15, 0.2) is 0 Å². The summed E-state index contributed by atoms with van der Waals surface area (Å²) in [7, 11) is 0. The molecule has 6 nitrogen and oxygen atoms in total. The minimum atomic E-state index is -1.10. The molecule has 0 aromatic heterocycles. The number of carboxylic acids is 1. The zero-order valence-electron chi connectivity index (χ0n) is 15.1. The van der Waals surface area contributed by atoms with Crippen LogP contribution in [0, 0.1) is 11.8 Å². The van der Waals surface area contributed by atoms with Gasteiger partial charge >= 0.3 is 5.97 Å². The van der Waals surface area contributed by atoms with Gasteiger partial charge in [0.25, 0.3) is 0 Å². The van der Waals surface area contributed by atoms with Gasteiger partial charge in [0, 0.05) is 11.8 Å². The Morgan fingerprint density at radius 1 is 0.880 bits per heavy atom. The standard InChI is InChI=1S/C19H32N2O4/c20-13-7-12-16(19(24)25)21(17(22)14-8-3-1-4-9-14)18(23)15-10-5-2-6-11-15/h14-16H,1-13,20H2,(H,24,25). The molecule has 2 amide bonds. The van der Waals surface area contributed by atoms with Crippen LogP contribution in [0.1, 0.15) is 77.0 Å². The number of hydrogen-bond acceptors (Lipinski definition) is 4. The molecule has 2 saturated carbocycles. The van der Waals surface area contributed by atoms with Crippen molar-refractivity contribution in [2.24, 2.45) is 17.6 Å². The summed E-state index contributed by atoms with van der Waals surface area (Å²) < 4.78 is 0. The van der Waals surface area contributed by atoms with E-state index in [0.717, 1.165) is 69.1 Å². The van der Waals surface area contributed by atoms with Gasteiger partial charge in [0.1, 0.15) is 6.04 Å². The van der Waals surface area contributed by atoms with Crippen LogP contribution in [-0.4, -0.2) is 40.4 Å². The van der Waals surface area contributed by atoms with Crippen LogP contribution in [0.5, 0.6) is 0 Å². The zero-order chi connectivity index (χ0) is 18.2. The first-order valence-corrected chi connectivity index (χ1v) is 9.86. The van der Waals surface area contributed by atoms with Crippen molar-refractivity contribution in [3.8, 4) is 0 Å². The summed E-state index contributed by atoms with van der Waals surface area (Å²) >= 11 is 0. The molecule has 0 saturated heterocycles. The number of carboxylic acid groups (broad SMARTS) is 1. The number of carbonyl (C=O) groups is 3. The van der Waals surface area contributed by atoms with E-state index in [0.29, 0.717) is 13.0 Å². The van der Waals surface area contributed by atoms with Crippen molar-refractivity contribution < 1.29 is 19.5 Å². The van der Waals surface area contributed by atoms with E-state index >= 15 is 0 Å². The fourth-order valence-corrected chi connectivity index (χ4v) is 4.18. The fourth-order valence-electron chi connectivity index (χ4n) is 4.18. The minimum absolute atomic E-state index is 0.207. The normalized spacial score (nSPS) is 20.8. The van der Waals surface area contributed by atoms with Gasteiger partial charge in [-0.2, -0.15) is 0 Å². The molecular weight excluding hydrogens is 320 g/mol. The van der Waals surface area contributed by atoms with Crippen molar-refractivity contribution in [2.45, 2.75) is 83.1 Å². The molecule has 2 rings (SSSR count). The smallest absolute Gasteiger partial charge is 0.326 e. The summed E-state index contributed by atoms with van der Waals surface area (Å²) in [5, 5.41) is 9.68. The molecule has 0 aliphatic heterocycles. The Morgan fingerprint density at radius 2 is 1.32 bits per heavy atom. The van der Waals surface area contributed by atoms with Crippen molar-refractivity contribution in [1.82, 2.24) is 4.90 Å². The van der Waals surface area contributed by atoms with Crippen LogP contribution in [-0.2, 0) is 14.4 Å². The Hall–Kier alpha value is -1.43. The highest BCUT2D eigenvalue weighted by atomic mass is 16.4. The summed E-state index contributed by atoms with van der Waals surface area (Å²) in [5.41, 5.74) is 5.53. The highest BCUT2D eigenvalue weighted by Gasteiger charge is 2.40. The van der Waals surface area contributed by atoms with E-state index in [9.17, 15) is 19.5 Å². The van der Waals surface area contributed by atoms with Gasteiger partial charge in [-0.25, -0.2) is 4.79 Å². The summed E-state index contributed by atoms with van der Waals surface area (Å²) in [6, 6.07) is -1.08. The fraction of sp³-hybridized carbons (Fsp3) is 0.842. The number of nitrogens with two attached hydrogens (primary N) is 1. The summed E-state index contributed by atoms with van der Waals surface area (Å²) in [4.78, 5) is 39.2. The average molecular weight is 352 g/mol. The maximum atomic E-state index is 13.1. The Labute approximate surface area is 150 Å². The number of carbonyl (C=O) groups excluding carboxylic acids is 2. The minimum Gasteiger partial charge on any atom is -0.480 e. The Kier molecular flexibility index (Phi) is 7.88. The SMILES string of the molecule is NCCCC(C(=O)O)N(C(=O)C1CCCCC1)C(=O)C1CCCCC1. The first-order chi connectivity index (χ1) is 12.1. The molecule has 2 aliphatic rings. The van der Waals surface area contributed by atoms with Crippen LogP contribution in [0.15, 0.2) is 0 Å². The molecule has 0 spiro atoms. The molecule has 142 valence electrons. The van der Waals surface area contributed by atoms with Gasteiger partial charge in [-0.05, 0) is 45.1 Å². The van der Waals surface area contributed by atoms with Crippen LogP contribution < -0.4 is 5.73 Å². The lowest BCUT2D eigenvalue weighted by Crippen LogP contribution is -2.53. The summed E-state index contributed by atoms with van der Waals surface area (Å²) in [6.45, 7) is 0.354. The van der Waals surface area contributed by atoms with Gasteiger partial charge in [-0.1, -0.05) is 38.5 Å². The van der Waals surface area contributed by atoms with Gasteiger partial charge in [0.2, 0.25) is 11.8 Å². The highest BCUT2D eigenvalue weighted by Crippen LogP contribution is 2.31. The molecule has 6 heteroatoms. The Balaban J connectivity index is 2.22. The third-order valence-electron chi connectivity index (χ3n) is 5.66. The van der Waals surface area contributed by atoms with Crippen molar-refractivity contribution >= 4 is 17.8 Å². The van der Waals surface area contributed by atoms with E-state index in [1.165, 1.54) is 0 Å². The lowest BCUT2D eigenvalue weighted by molar-refractivity contribution is -0.163. The predicted octanol–water partition coefficient (Wildman–Crippen LogP) is 2.69. The van der Waals surface area contributed by atoms with Gasteiger partial charge in [0.05, 0.1) is 0 Å². The van der Waals surface area contributed by atoms with Crippen LogP contribution >= 0.6 is 0 Å². The number of imide groups is 1. The first kappa shape index (κ1) is 19.9. The third-order valence-corrected chi connectivity index (χ3v) is 5.66. The van der Waals surface area contributed by atoms with Crippen LogP contribution in [0.3, 0.4) is 0 Å². The molecule has 3 N–H and O–H groups in total. The Morgan fingerprint density at radius 3 is 1.68 bits per heavy atom. The van der Waals surface area contributed by atoms with Crippen LogP contribution in [0.4, 0.5) is 0 Å². The number of hydrogen-bond donors (Lipinski definition) is 2. The zero-order valence-corrected chi connectivity index (χ0v) is 15.1. The molecule has 1 atom stereocenters. The van der Waals surface area contributed by atoms with Crippen LogP contribution in [0.2, 0.25) is 0 Å². The van der Waals surface area contributed by atoms with E-state index in [1.54, 1.807) is 0 Å². The lowest BCUT2D eigenvalue weighted by atomic mass is 9.85. The van der Waals surface area contributed by atoms with E-state index in [-0.39, 0.29) is 30.1 Å². The van der Waals surface area contributed by atoms with E-state index < -0.39 is 12.0 Å². The van der Waals surface area contributed by atoms with Gasteiger partial charge in [-0.15, -0.1) is 0 Å². The number of nitrogens with zero attached hydrogens (tertiary/aromatic N) is 1. The van der Waals surface area contributed by atoms with Crippen molar-refractivity contribution in [1.29, 1.82) is 0 Å². The summed E-state index contributed by atoms with van der Waals surface area (Å²) in [6.07, 6.45) is 9.88. The molecule has 25 heavy (non-hydrogen) atoms. The molecule has 0 bridgehead atoms. The first-order valence-electron chi connectivity index (χ1n) is 9.86. The van der Waals surface area contributed by atoms with Gasteiger partial charge < -0.3 is 10.8 Å². The molecule has 2 fully saturated rings. The van der Waals surface area contributed by atoms with Crippen molar-refractivity contribution in [2.75, 3.05) is 6.54 Å². The second-order valence-electron chi connectivity index (χ2n) is 7.50. The quantitative estimate of drug-likeness (QED) is 0.686. The number of aliphatic carboxylic acids is 1. The second-order valence-corrected chi connectivity index (χ2v) is 7.50. The molecule has 1 unspecified atom stereocenters. The predicted molar refractivity (Wildman–Crippen MR) is 94.7 cm³/mol. The monoisotopic (exact) mass is 352 g/mol. The molecular formula is C19H32N2O4. The van der Waals surface area contributed by atoms with E-state index in [4.69, 9.17) is 5.73 Å². The second kappa shape index (κ2) is 9.90. The Bertz CT molecular complexity index is 438. The average Bonchev–Trinajstić information content (AvgIpc) is 2.65. The van der Waals surface area contributed by atoms with E-state index in [2.05, 4.69) is 0 Å². The maximum Gasteiger partial charge on any atom is 0.326 e. The number of amides is 2. The highest BCUT2D eigenvalue weighted by molar-refractivity contribution is 6.01. The summed E-state index contributed by atoms with van der Waals surface area (Å²) in [5.74, 6) is -2.04.